The molecule has 1 aliphatic heterocycles. The van der Waals surface area contributed by atoms with E-state index in [-0.39, 0.29) is 0 Å². The number of aryl methyl sites for hydroxylation is 1. The molecule has 0 saturated carbocycles. The highest BCUT2D eigenvalue weighted by Gasteiger charge is 2.16. The highest BCUT2D eigenvalue weighted by molar-refractivity contribution is 5.45. The maximum absolute atomic E-state index is 5.57. The van der Waals surface area contributed by atoms with Crippen LogP contribution in [-0.4, -0.2) is 20.2 Å². The predicted molar refractivity (Wildman–Crippen MR) is 81.1 cm³/mol. The van der Waals surface area contributed by atoms with Gasteiger partial charge in [0, 0.05) is 0 Å². The molecule has 0 amide bonds. The minimum atomic E-state index is 0.512. The van der Waals surface area contributed by atoms with Gasteiger partial charge in [0.05, 0.1) is 7.11 Å². The van der Waals surface area contributed by atoms with Crippen LogP contribution in [0.15, 0.2) is 12.1 Å². The summed E-state index contributed by atoms with van der Waals surface area (Å²) in [6.07, 6.45) is 3.86. The van der Waals surface area contributed by atoms with Crippen LogP contribution in [0.25, 0.3) is 0 Å². The van der Waals surface area contributed by atoms with Crippen LogP contribution in [0.3, 0.4) is 0 Å². The molecule has 2 rings (SSSR count). The fourth-order valence-electron chi connectivity index (χ4n) is 3.14. The van der Waals surface area contributed by atoms with Gasteiger partial charge in [0.1, 0.15) is 5.75 Å². The van der Waals surface area contributed by atoms with E-state index in [0.29, 0.717) is 5.92 Å². The van der Waals surface area contributed by atoms with Crippen LogP contribution in [0.1, 0.15) is 49.3 Å². The molecule has 0 radical (unpaired) electrons. The van der Waals surface area contributed by atoms with E-state index >= 15 is 0 Å². The molecule has 1 heterocycles. The molecule has 1 aromatic carbocycles. The van der Waals surface area contributed by atoms with Gasteiger partial charge in [-0.2, -0.15) is 0 Å². The summed E-state index contributed by atoms with van der Waals surface area (Å²) in [5, 5.41) is 3.50. The molecule has 2 nitrogen and oxygen atoms in total. The molecular weight excluding hydrogens is 234 g/mol. The van der Waals surface area contributed by atoms with Gasteiger partial charge in [0.15, 0.2) is 0 Å². The largest absolute Gasteiger partial charge is 0.496 e. The van der Waals surface area contributed by atoms with Crippen molar-refractivity contribution in [3.05, 3.63) is 28.8 Å². The quantitative estimate of drug-likeness (QED) is 0.893. The first-order valence-electron chi connectivity index (χ1n) is 7.50. The van der Waals surface area contributed by atoms with Gasteiger partial charge >= 0.3 is 0 Å². The third kappa shape index (κ3) is 3.50. The van der Waals surface area contributed by atoms with E-state index in [0.717, 1.165) is 11.7 Å². The average Bonchev–Trinajstić information content (AvgIpc) is 2.39. The summed E-state index contributed by atoms with van der Waals surface area (Å²) in [5.41, 5.74) is 4.09. The van der Waals surface area contributed by atoms with Crippen molar-refractivity contribution >= 4 is 0 Å². The summed E-state index contributed by atoms with van der Waals surface area (Å²) in [5.74, 6) is 2.38. The van der Waals surface area contributed by atoms with Crippen LogP contribution < -0.4 is 10.1 Å². The van der Waals surface area contributed by atoms with Crippen LogP contribution in [0.5, 0.6) is 5.75 Å². The maximum Gasteiger partial charge on any atom is 0.125 e. The zero-order valence-corrected chi connectivity index (χ0v) is 12.8. The summed E-state index contributed by atoms with van der Waals surface area (Å²) in [6, 6.07) is 4.66. The Kier molecular flexibility index (Phi) is 4.87. The molecule has 1 unspecified atom stereocenters. The highest BCUT2D eigenvalue weighted by atomic mass is 16.5. The average molecular weight is 261 g/mol. The molecule has 1 aromatic rings. The summed E-state index contributed by atoms with van der Waals surface area (Å²) < 4.78 is 5.57. The molecule has 1 aliphatic rings. The first kappa shape index (κ1) is 14.4. The van der Waals surface area contributed by atoms with E-state index in [2.05, 4.69) is 38.2 Å². The number of piperidine rings is 1. The fourth-order valence-corrected chi connectivity index (χ4v) is 3.14. The lowest BCUT2D eigenvalue weighted by Gasteiger charge is -2.24. The summed E-state index contributed by atoms with van der Waals surface area (Å²) in [6.45, 7) is 9.00. The van der Waals surface area contributed by atoms with Crippen LogP contribution >= 0.6 is 0 Å². The van der Waals surface area contributed by atoms with E-state index < -0.39 is 0 Å². The minimum absolute atomic E-state index is 0.512. The number of hydrogen-bond acceptors (Lipinski definition) is 2. The molecule has 1 fully saturated rings. The van der Waals surface area contributed by atoms with Gasteiger partial charge in [0.2, 0.25) is 0 Å². The van der Waals surface area contributed by atoms with Crippen LogP contribution in [-0.2, 0) is 6.42 Å². The number of rotatable bonds is 4. The second-order valence-electron chi connectivity index (χ2n) is 6.11. The lowest BCUT2D eigenvalue weighted by atomic mass is 9.89. The maximum atomic E-state index is 5.57. The fraction of sp³-hybridized carbons (Fsp3) is 0.647. The zero-order valence-electron chi connectivity index (χ0n) is 12.8. The lowest BCUT2D eigenvalue weighted by molar-refractivity contribution is 0.375. The van der Waals surface area contributed by atoms with Crippen molar-refractivity contribution < 1.29 is 4.74 Å². The van der Waals surface area contributed by atoms with E-state index in [9.17, 15) is 0 Å². The Morgan fingerprint density at radius 1 is 1.37 bits per heavy atom. The van der Waals surface area contributed by atoms with Crippen molar-refractivity contribution in [2.24, 2.45) is 5.92 Å². The number of ether oxygens (including phenoxy) is 1. The lowest BCUT2D eigenvalue weighted by Crippen LogP contribution is -2.30. The number of nitrogens with one attached hydrogen (secondary N) is 1. The normalized spacial score (nSPS) is 19.7. The van der Waals surface area contributed by atoms with Crippen molar-refractivity contribution in [1.82, 2.24) is 5.32 Å². The smallest absolute Gasteiger partial charge is 0.125 e. The molecule has 0 bridgehead atoms. The first-order valence-corrected chi connectivity index (χ1v) is 7.50. The Bertz CT molecular complexity index is 420. The topological polar surface area (TPSA) is 21.3 Å². The van der Waals surface area contributed by atoms with Gasteiger partial charge in [-0.25, -0.2) is 0 Å². The van der Waals surface area contributed by atoms with Crippen molar-refractivity contribution in [2.45, 2.75) is 46.0 Å². The molecule has 0 spiro atoms. The molecule has 19 heavy (non-hydrogen) atoms. The standard InChI is InChI=1S/C17H27NO/c1-12(2)16-10-15(8-13(3)17(16)19-4)9-14-6-5-7-18-11-14/h8,10,12,14,18H,5-7,9,11H2,1-4H3. The third-order valence-electron chi connectivity index (χ3n) is 4.11. The molecule has 2 heteroatoms. The van der Waals surface area contributed by atoms with E-state index in [1.165, 1.54) is 49.0 Å². The predicted octanol–water partition coefficient (Wildman–Crippen LogP) is 3.67. The SMILES string of the molecule is COc1c(C)cc(CC2CCCNC2)cc1C(C)C. The van der Waals surface area contributed by atoms with E-state index in [1.807, 2.05) is 0 Å². The number of methoxy groups -OCH3 is 1. The molecule has 1 atom stereocenters. The molecule has 1 saturated heterocycles. The second kappa shape index (κ2) is 6.42. The zero-order chi connectivity index (χ0) is 13.8. The molecular formula is C17H27NO. The van der Waals surface area contributed by atoms with Crippen LogP contribution in [0.4, 0.5) is 0 Å². The Morgan fingerprint density at radius 2 is 2.16 bits per heavy atom. The number of hydrogen-bond donors (Lipinski definition) is 1. The van der Waals surface area contributed by atoms with Crippen molar-refractivity contribution in [3.8, 4) is 5.75 Å². The minimum Gasteiger partial charge on any atom is -0.496 e. The highest BCUT2D eigenvalue weighted by Crippen LogP contribution is 2.32. The first-order chi connectivity index (χ1) is 9.11. The van der Waals surface area contributed by atoms with Crippen molar-refractivity contribution in [2.75, 3.05) is 20.2 Å². The van der Waals surface area contributed by atoms with Gasteiger partial charge in [-0.1, -0.05) is 26.0 Å². The van der Waals surface area contributed by atoms with Gasteiger partial charge in [-0.05, 0) is 67.8 Å². The third-order valence-corrected chi connectivity index (χ3v) is 4.11. The second-order valence-corrected chi connectivity index (χ2v) is 6.11. The van der Waals surface area contributed by atoms with Gasteiger partial charge in [0.25, 0.3) is 0 Å². The van der Waals surface area contributed by atoms with Crippen molar-refractivity contribution in [1.29, 1.82) is 0 Å². The monoisotopic (exact) mass is 261 g/mol. The molecule has 106 valence electrons. The molecule has 0 aliphatic carbocycles. The van der Waals surface area contributed by atoms with Crippen molar-refractivity contribution in [3.63, 3.8) is 0 Å². The van der Waals surface area contributed by atoms with Crippen LogP contribution in [0, 0.1) is 12.8 Å². The summed E-state index contributed by atoms with van der Waals surface area (Å²) in [7, 11) is 1.78. The summed E-state index contributed by atoms with van der Waals surface area (Å²) >= 11 is 0. The summed E-state index contributed by atoms with van der Waals surface area (Å²) in [4.78, 5) is 0. The Morgan fingerprint density at radius 3 is 2.74 bits per heavy atom. The van der Waals surface area contributed by atoms with Gasteiger partial charge < -0.3 is 10.1 Å². The van der Waals surface area contributed by atoms with Gasteiger partial charge in [-0.15, -0.1) is 0 Å². The Balaban J connectivity index is 2.21. The Labute approximate surface area is 117 Å². The number of benzene rings is 1. The van der Waals surface area contributed by atoms with E-state index in [4.69, 9.17) is 4.74 Å². The van der Waals surface area contributed by atoms with Crippen LogP contribution in [0.2, 0.25) is 0 Å². The molecule has 0 aromatic heterocycles. The molecule has 1 N–H and O–H groups in total. The Hall–Kier alpha value is -1.02. The van der Waals surface area contributed by atoms with E-state index in [1.54, 1.807) is 7.11 Å². The van der Waals surface area contributed by atoms with Gasteiger partial charge in [-0.3, -0.25) is 0 Å².